The summed E-state index contributed by atoms with van der Waals surface area (Å²) in [6, 6.07) is 8.81. The van der Waals surface area contributed by atoms with Crippen LogP contribution in [-0.4, -0.2) is 51.2 Å². The standard InChI is InChI=1S/C20H24N4O4/c1-12(2)13-5-6-19(28-4)15(9-13)14-10-16(18(26)11-17(14)25)20-21-22-23-24(20)7-8-27-3/h5-6,9-12,25-26H,7-8H2,1-4H3. The molecule has 0 saturated carbocycles. The molecule has 0 aliphatic rings. The maximum absolute atomic E-state index is 10.5. The van der Waals surface area contributed by atoms with Gasteiger partial charge in [0.05, 0.1) is 25.8 Å². The number of nitrogens with zero attached hydrogens (tertiary/aromatic N) is 4. The van der Waals surface area contributed by atoms with Crippen molar-refractivity contribution in [2.75, 3.05) is 20.8 Å². The van der Waals surface area contributed by atoms with E-state index >= 15 is 0 Å². The van der Waals surface area contributed by atoms with E-state index in [1.807, 2.05) is 18.2 Å². The second-order valence-corrected chi connectivity index (χ2v) is 6.72. The highest BCUT2D eigenvalue weighted by Crippen LogP contribution is 2.43. The highest BCUT2D eigenvalue weighted by atomic mass is 16.5. The molecule has 0 atom stereocenters. The Morgan fingerprint density at radius 3 is 2.43 bits per heavy atom. The average Bonchev–Trinajstić information content (AvgIpc) is 3.14. The maximum Gasteiger partial charge on any atom is 0.185 e. The molecule has 0 saturated heterocycles. The predicted octanol–water partition coefficient (Wildman–Crippen LogP) is 3.20. The van der Waals surface area contributed by atoms with Crippen LogP contribution in [0.4, 0.5) is 0 Å². The molecule has 0 radical (unpaired) electrons. The minimum Gasteiger partial charge on any atom is -0.507 e. The Morgan fingerprint density at radius 1 is 1.00 bits per heavy atom. The Hall–Kier alpha value is -3.13. The lowest BCUT2D eigenvalue weighted by molar-refractivity contribution is 0.183. The van der Waals surface area contributed by atoms with Crippen molar-refractivity contribution >= 4 is 0 Å². The number of benzene rings is 2. The Kier molecular flexibility index (Phi) is 5.79. The third-order valence-electron chi connectivity index (χ3n) is 4.57. The highest BCUT2D eigenvalue weighted by Gasteiger charge is 2.19. The Morgan fingerprint density at radius 2 is 1.75 bits per heavy atom. The van der Waals surface area contributed by atoms with Crippen LogP contribution >= 0.6 is 0 Å². The van der Waals surface area contributed by atoms with Crippen LogP contribution in [0.3, 0.4) is 0 Å². The van der Waals surface area contributed by atoms with Gasteiger partial charge in [0.2, 0.25) is 0 Å². The molecule has 0 aliphatic heterocycles. The van der Waals surface area contributed by atoms with Crippen molar-refractivity contribution in [2.24, 2.45) is 0 Å². The summed E-state index contributed by atoms with van der Waals surface area (Å²) >= 11 is 0. The zero-order chi connectivity index (χ0) is 20.3. The molecule has 0 spiro atoms. The summed E-state index contributed by atoms with van der Waals surface area (Å²) in [7, 11) is 3.17. The van der Waals surface area contributed by atoms with E-state index in [-0.39, 0.29) is 11.5 Å². The minimum atomic E-state index is -0.117. The van der Waals surface area contributed by atoms with E-state index in [0.29, 0.717) is 41.8 Å². The number of ether oxygens (including phenoxy) is 2. The fourth-order valence-electron chi connectivity index (χ4n) is 2.99. The van der Waals surface area contributed by atoms with E-state index in [1.165, 1.54) is 6.07 Å². The van der Waals surface area contributed by atoms with Crippen molar-refractivity contribution in [3.8, 4) is 39.8 Å². The first-order valence-corrected chi connectivity index (χ1v) is 8.96. The fraction of sp³-hybridized carbons (Fsp3) is 0.350. The number of phenolic OH excluding ortho intramolecular Hbond substituents is 2. The number of tetrazole rings is 1. The lowest BCUT2D eigenvalue weighted by Crippen LogP contribution is -2.08. The molecule has 28 heavy (non-hydrogen) atoms. The van der Waals surface area contributed by atoms with E-state index in [9.17, 15) is 10.2 Å². The van der Waals surface area contributed by atoms with Crippen molar-refractivity contribution < 1.29 is 19.7 Å². The number of methoxy groups -OCH3 is 2. The molecule has 8 heteroatoms. The molecule has 3 aromatic rings. The van der Waals surface area contributed by atoms with Crippen LogP contribution in [0.15, 0.2) is 30.3 Å². The van der Waals surface area contributed by atoms with Crippen LogP contribution in [0.2, 0.25) is 0 Å². The molecule has 3 rings (SSSR count). The van der Waals surface area contributed by atoms with Gasteiger partial charge in [0, 0.05) is 24.3 Å². The molecule has 148 valence electrons. The molecule has 0 amide bonds. The first kappa shape index (κ1) is 19.6. The summed E-state index contributed by atoms with van der Waals surface area (Å²) in [4.78, 5) is 0. The monoisotopic (exact) mass is 384 g/mol. The zero-order valence-corrected chi connectivity index (χ0v) is 16.4. The molecule has 8 nitrogen and oxygen atoms in total. The van der Waals surface area contributed by atoms with Crippen molar-refractivity contribution in [2.45, 2.75) is 26.3 Å². The van der Waals surface area contributed by atoms with Gasteiger partial charge in [-0.25, -0.2) is 4.68 Å². The third-order valence-corrected chi connectivity index (χ3v) is 4.57. The highest BCUT2D eigenvalue weighted by molar-refractivity contribution is 5.82. The van der Waals surface area contributed by atoms with Gasteiger partial charge < -0.3 is 19.7 Å². The molecular formula is C20H24N4O4. The molecule has 0 fully saturated rings. The number of rotatable bonds is 7. The first-order valence-electron chi connectivity index (χ1n) is 8.96. The summed E-state index contributed by atoms with van der Waals surface area (Å²) in [5.74, 6) is 1.14. The van der Waals surface area contributed by atoms with Gasteiger partial charge in [-0.2, -0.15) is 0 Å². The number of phenols is 2. The van der Waals surface area contributed by atoms with Crippen LogP contribution in [0.1, 0.15) is 25.3 Å². The number of hydrogen-bond acceptors (Lipinski definition) is 7. The van der Waals surface area contributed by atoms with Gasteiger partial charge in [-0.15, -0.1) is 5.10 Å². The van der Waals surface area contributed by atoms with Gasteiger partial charge in [0.25, 0.3) is 0 Å². The minimum absolute atomic E-state index is 0.0589. The molecule has 1 heterocycles. The molecular weight excluding hydrogens is 360 g/mol. The Balaban J connectivity index is 2.16. The summed E-state index contributed by atoms with van der Waals surface area (Å²) in [5, 5.41) is 32.6. The molecule has 2 N–H and O–H groups in total. The lowest BCUT2D eigenvalue weighted by Gasteiger charge is -2.15. The normalized spacial score (nSPS) is 11.2. The van der Waals surface area contributed by atoms with E-state index in [4.69, 9.17) is 9.47 Å². The quantitative estimate of drug-likeness (QED) is 0.645. The summed E-state index contributed by atoms with van der Waals surface area (Å²) in [6.07, 6.45) is 0. The topological polar surface area (TPSA) is 103 Å². The van der Waals surface area contributed by atoms with Crippen LogP contribution < -0.4 is 4.74 Å². The predicted molar refractivity (Wildman–Crippen MR) is 105 cm³/mol. The fourth-order valence-corrected chi connectivity index (χ4v) is 2.99. The number of hydrogen-bond donors (Lipinski definition) is 2. The molecule has 0 aliphatic carbocycles. The van der Waals surface area contributed by atoms with Crippen LogP contribution in [0.25, 0.3) is 22.5 Å². The van der Waals surface area contributed by atoms with Crippen LogP contribution in [0.5, 0.6) is 17.2 Å². The van der Waals surface area contributed by atoms with Gasteiger partial charge in [-0.05, 0) is 40.1 Å². The van der Waals surface area contributed by atoms with Crippen LogP contribution in [-0.2, 0) is 11.3 Å². The maximum atomic E-state index is 10.5. The number of aromatic hydroxyl groups is 2. The zero-order valence-electron chi connectivity index (χ0n) is 16.4. The summed E-state index contributed by atoms with van der Waals surface area (Å²) < 4.78 is 12.1. The van der Waals surface area contributed by atoms with Crippen molar-refractivity contribution in [3.05, 3.63) is 35.9 Å². The SMILES string of the molecule is COCCn1nnnc1-c1cc(-c2cc(C(C)C)ccc2OC)c(O)cc1O. The van der Waals surface area contributed by atoms with Gasteiger partial charge in [-0.3, -0.25) is 0 Å². The number of aromatic nitrogens is 4. The van der Waals surface area contributed by atoms with Gasteiger partial charge in [0.15, 0.2) is 5.82 Å². The largest absolute Gasteiger partial charge is 0.507 e. The Bertz CT molecular complexity index is 969. The second kappa shape index (κ2) is 8.26. The van der Waals surface area contributed by atoms with E-state index < -0.39 is 0 Å². The molecule has 2 aromatic carbocycles. The van der Waals surface area contributed by atoms with Crippen LogP contribution in [0, 0.1) is 0 Å². The summed E-state index contributed by atoms with van der Waals surface area (Å²) in [6.45, 7) is 5.05. The summed E-state index contributed by atoms with van der Waals surface area (Å²) in [5.41, 5.74) is 2.76. The van der Waals surface area contributed by atoms with E-state index in [0.717, 1.165) is 11.1 Å². The van der Waals surface area contributed by atoms with Gasteiger partial charge in [-0.1, -0.05) is 19.9 Å². The average molecular weight is 384 g/mol. The smallest absolute Gasteiger partial charge is 0.185 e. The molecule has 0 bridgehead atoms. The van der Waals surface area contributed by atoms with E-state index in [1.54, 1.807) is 25.0 Å². The van der Waals surface area contributed by atoms with E-state index in [2.05, 4.69) is 29.4 Å². The Labute approximate surface area is 163 Å². The third kappa shape index (κ3) is 3.77. The molecule has 1 aromatic heterocycles. The second-order valence-electron chi connectivity index (χ2n) is 6.72. The van der Waals surface area contributed by atoms with Crippen molar-refractivity contribution in [1.29, 1.82) is 0 Å². The van der Waals surface area contributed by atoms with Gasteiger partial charge in [0.1, 0.15) is 17.2 Å². The van der Waals surface area contributed by atoms with Gasteiger partial charge >= 0.3 is 0 Å². The molecule has 0 unspecified atom stereocenters. The van der Waals surface area contributed by atoms with Crippen molar-refractivity contribution in [3.63, 3.8) is 0 Å². The van der Waals surface area contributed by atoms with Crippen molar-refractivity contribution in [1.82, 2.24) is 20.2 Å². The lowest BCUT2D eigenvalue weighted by atomic mass is 9.94. The first-order chi connectivity index (χ1) is 13.5.